The van der Waals surface area contributed by atoms with E-state index in [9.17, 15) is 13.2 Å². The number of amides is 1. The highest BCUT2D eigenvalue weighted by molar-refractivity contribution is 7.89. The van der Waals surface area contributed by atoms with Crippen LogP contribution >= 0.6 is 0 Å². The summed E-state index contributed by atoms with van der Waals surface area (Å²) in [6, 6.07) is 5.13. The largest absolute Gasteiger partial charge is 0.326 e. The molecule has 2 aliphatic heterocycles. The van der Waals surface area contributed by atoms with Crippen molar-refractivity contribution in [2.75, 3.05) is 31.5 Å². The van der Waals surface area contributed by atoms with Crippen LogP contribution in [-0.2, 0) is 14.8 Å². The standard InChI is InChI=1S/C17H25N3O3S/c1-13-5-6-15(19-17(21)14-7-8-18-12-14)11-16(13)24(22,23)20-9-3-2-4-10-20/h5-6,11,14,18H,2-4,7-10,12H2,1H3,(H,19,21). The van der Waals surface area contributed by atoms with Crippen LogP contribution < -0.4 is 10.6 Å². The molecule has 24 heavy (non-hydrogen) atoms. The smallest absolute Gasteiger partial charge is 0.243 e. The maximum atomic E-state index is 12.9. The van der Waals surface area contributed by atoms with E-state index in [4.69, 9.17) is 0 Å². The van der Waals surface area contributed by atoms with Gasteiger partial charge in [-0.15, -0.1) is 0 Å². The topological polar surface area (TPSA) is 78.5 Å². The molecule has 132 valence electrons. The summed E-state index contributed by atoms with van der Waals surface area (Å²) in [5, 5.41) is 6.03. The first kappa shape index (κ1) is 17.4. The molecule has 0 saturated carbocycles. The summed E-state index contributed by atoms with van der Waals surface area (Å²) in [4.78, 5) is 12.5. The van der Waals surface area contributed by atoms with Gasteiger partial charge in [0.05, 0.1) is 10.8 Å². The first-order valence-corrected chi connectivity index (χ1v) is 10.0. The molecular formula is C17H25N3O3S. The van der Waals surface area contributed by atoms with E-state index in [1.54, 1.807) is 29.4 Å². The van der Waals surface area contributed by atoms with Crippen LogP contribution in [0.3, 0.4) is 0 Å². The van der Waals surface area contributed by atoms with Crippen molar-refractivity contribution in [2.45, 2.75) is 37.5 Å². The van der Waals surface area contributed by atoms with Crippen molar-refractivity contribution < 1.29 is 13.2 Å². The number of anilines is 1. The van der Waals surface area contributed by atoms with Crippen molar-refractivity contribution >= 4 is 21.6 Å². The zero-order chi connectivity index (χ0) is 17.2. The van der Waals surface area contributed by atoms with Gasteiger partial charge >= 0.3 is 0 Å². The SMILES string of the molecule is Cc1ccc(NC(=O)C2CCNC2)cc1S(=O)(=O)N1CCCCC1. The molecule has 0 bridgehead atoms. The monoisotopic (exact) mass is 351 g/mol. The number of carbonyl (C=O) groups is 1. The Morgan fingerprint density at radius 3 is 2.67 bits per heavy atom. The highest BCUT2D eigenvalue weighted by atomic mass is 32.2. The summed E-state index contributed by atoms with van der Waals surface area (Å²) in [5.41, 5.74) is 1.26. The third-order valence-electron chi connectivity index (χ3n) is 4.82. The van der Waals surface area contributed by atoms with Crippen molar-refractivity contribution in [1.29, 1.82) is 0 Å². The lowest BCUT2D eigenvalue weighted by Crippen LogP contribution is -2.36. The van der Waals surface area contributed by atoms with E-state index in [0.29, 0.717) is 35.8 Å². The average Bonchev–Trinajstić information content (AvgIpc) is 3.12. The molecule has 7 heteroatoms. The molecule has 1 atom stereocenters. The maximum Gasteiger partial charge on any atom is 0.243 e. The van der Waals surface area contributed by atoms with Crippen LogP contribution in [0, 0.1) is 12.8 Å². The minimum Gasteiger partial charge on any atom is -0.326 e. The van der Waals surface area contributed by atoms with E-state index in [0.717, 1.165) is 32.2 Å². The van der Waals surface area contributed by atoms with Gasteiger partial charge in [-0.25, -0.2) is 8.42 Å². The zero-order valence-corrected chi connectivity index (χ0v) is 14.9. The Morgan fingerprint density at radius 1 is 1.25 bits per heavy atom. The molecule has 2 heterocycles. The summed E-state index contributed by atoms with van der Waals surface area (Å²) in [7, 11) is -3.50. The maximum absolute atomic E-state index is 12.9. The van der Waals surface area contributed by atoms with Gasteiger partial charge in [-0.1, -0.05) is 12.5 Å². The second-order valence-corrected chi connectivity index (χ2v) is 8.53. The van der Waals surface area contributed by atoms with Crippen LogP contribution in [0.5, 0.6) is 0 Å². The summed E-state index contributed by atoms with van der Waals surface area (Å²) >= 11 is 0. The molecule has 2 N–H and O–H groups in total. The summed E-state index contributed by atoms with van der Waals surface area (Å²) in [6.07, 6.45) is 3.71. The number of sulfonamides is 1. The van der Waals surface area contributed by atoms with Crippen LogP contribution in [0.2, 0.25) is 0 Å². The molecule has 0 spiro atoms. The van der Waals surface area contributed by atoms with Gasteiger partial charge in [-0.3, -0.25) is 4.79 Å². The molecule has 2 fully saturated rings. The Balaban J connectivity index is 1.81. The lowest BCUT2D eigenvalue weighted by molar-refractivity contribution is -0.119. The van der Waals surface area contributed by atoms with Gasteiger partial charge in [0.2, 0.25) is 15.9 Å². The number of aryl methyl sites for hydroxylation is 1. The lowest BCUT2D eigenvalue weighted by Gasteiger charge is -2.26. The third kappa shape index (κ3) is 3.63. The Bertz CT molecular complexity index is 706. The Hall–Kier alpha value is -1.44. The molecule has 1 aromatic carbocycles. The molecule has 1 unspecified atom stereocenters. The summed E-state index contributed by atoms with van der Waals surface area (Å²) in [5.74, 6) is -0.0985. The zero-order valence-electron chi connectivity index (χ0n) is 14.0. The number of rotatable bonds is 4. The van der Waals surface area contributed by atoms with E-state index in [1.807, 2.05) is 0 Å². The van der Waals surface area contributed by atoms with E-state index >= 15 is 0 Å². The molecule has 1 aromatic rings. The molecule has 2 aliphatic rings. The van der Waals surface area contributed by atoms with Gasteiger partial charge in [-0.2, -0.15) is 4.31 Å². The van der Waals surface area contributed by atoms with Crippen molar-refractivity contribution in [3.05, 3.63) is 23.8 Å². The molecular weight excluding hydrogens is 326 g/mol. The van der Waals surface area contributed by atoms with Gasteiger partial charge in [0.15, 0.2) is 0 Å². The highest BCUT2D eigenvalue weighted by Gasteiger charge is 2.28. The predicted octanol–water partition coefficient (Wildman–Crippen LogP) is 1.72. The fourth-order valence-corrected chi connectivity index (χ4v) is 5.09. The van der Waals surface area contributed by atoms with Gasteiger partial charge in [0.1, 0.15) is 0 Å². The number of carbonyl (C=O) groups excluding carboxylic acids is 1. The van der Waals surface area contributed by atoms with Gasteiger partial charge in [0, 0.05) is 25.3 Å². The second-order valence-electron chi connectivity index (χ2n) is 6.62. The number of nitrogens with one attached hydrogen (secondary N) is 2. The molecule has 3 rings (SSSR count). The highest BCUT2D eigenvalue weighted by Crippen LogP contribution is 2.26. The van der Waals surface area contributed by atoms with Crippen molar-refractivity contribution in [3.63, 3.8) is 0 Å². The summed E-state index contributed by atoms with van der Waals surface area (Å²) in [6.45, 7) is 4.47. The minimum atomic E-state index is -3.50. The number of benzene rings is 1. The fraction of sp³-hybridized carbons (Fsp3) is 0.588. The van der Waals surface area contributed by atoms with E-state index in [1.165, 1.54) is 0 Å². The molecule has 6 nitrogen and oxygen atoms in total. The van der Waals surface area contributed by atoms with Crippen LogP contribution in [0.15, 0.2) is 23.1 Å². The van der Waals surface area contributed by atoms with Gasteiger partial charge < -0.3 is 10.6 Å². The molecule has 0 radical (unpaired) electrons. The van der Waals surface area contributed by atoms with E-state index in [-0.39, 0.29) is 11.8 Å². The summed E-state index contributed by atoms with van der Waals surface area (Å²) < 4.78 is 27.4. The van der Waals surface area contributed by atoms with E-state index < -0.39 is 10.0 Å². The quantitative estimate of drug-likeness (QED) is 0.866. The molecule has 1 amide bonds. The number of hydrogen-bond acceptors (Lipinski definition) is 4. The van der Waals surface area contributed by atoms with Crippen LogP contribution in [-0.4, -0.2) is 44.8 Å². The number of hydrogen-bond donors (Lipinski definition) is 2. The minimum absolute atomic E-state index is 0.0477. The third-order valence-corrected chi connectivity index (χ3v) is 6.86. The van der Waals surface area contributed by atoms with Gasteiger partial charge in [0.25, 0.3) is 0 Å². The normalized spacial score (nSPS) is 22.5. The Labute approximate surface area is 143 Å². The molecule has 0 aliphatic carbocycles. The Kier molecular flexibility index (Phi) is 5.22. The van der Waals surface area contributed by atoms with Crippen molar-refractivity contribution in [1.82, 2.24) is 9.62 Å². The van der Waals surface area contributed by atoms with Gasteiger partial charge in [-0.05, 0) is 50.4 Å². The van der Waals surface area contributed by atoms with Crippen LogP contribution in [0.25, 0.3) is 0 Å². The van der Waals surface area contributed by atoms with Crippen molar-refractivity contribution in [2.24, 2.45) is 5.92 Å². The van der Waals surface area contributed by atoms with Crippen molar-refractivity contribution in [3.8, 4) is 0 Å². The average molecular weight is 351 g/mol. The number of nitrogens with zero attached hydrogens (tertiary/aromatic N) is 1. The first-order valence-electron chi connectivity index (χ1n) is 8.61. The Morgan fingerprint density at radius 2 is 2.00 bits per heavy atom. The van der Waals surface area contributed by atoms with Crippen LogP contribution in [0.1, 0.15) is 31.2 Å². The molecule has 2 saturated heterocycles. The second kappa shape index (κ2) is 7.21. The van der Waals surface area contributed by atoms with Crippen LogP contribution in [0.4, 0.5) is 5.69 Å². The lowest BCUT2D eigenvalue weighted by atomic mass is 10.1. The number of piperidine rings is 1. The fourth-order valence-electron chi connectivity index (χ4n) is 3.32. The molecule has 0 aromatic heterocycles. The van der Waals surface area contributed by atoms with E-state index in [2.05, 4.69) is 10.6 Å². The predicted molar refractivity (Wildman–Crippen MR) is 93.4 cm³/mol. The first-order chi connectivity index (χ1) is 11.5.